The average Bonchev–Trinajstić information content (AvgIpc) is 2.05. The van der Waals surface area contributed by atoms with Crippen LogP contribution in [-0.4, -0.2) is 13.4 Å². The van der Waals surface area contributed by atoms with Gasteiger partial charge in [-0.2, -0.15) is 0 Å². The molecule has 0 amide bonds. The molecule has 0 bridgehead atoms. The first-order chi connectivity index (χ1) is 5.77. The lowest BCUT2D eigenvalue weighted by Gasteiger charge is -2.03. The Labute approximate surface area is 79.7 Å². The number of rotatable bonds is 3. The molecule has 64 valence electrons. The molecule has 0 heterocycles. The van der Waals surface area contributed by atoms with E-state index in [-0.39, 0.29) is 0 Å². The minimum Gasteiger partial charge on any atom is -0.496 e. The Balaban J connectivity index is 2.93. The number of carbonyl (C=O) groups is 1. The van der Waals surface area contributed by atoms with Crippen molar-refractivity contribution in [1.29, 1.82) is 0 Å². The summed E-state index contributed by atoms with van der Waals surface area (Å²) in [5.41, 5.74) is 0.984. The van der Waals surface area contributed by atoms with Gasteiger partial charge in [0.25, 0.3) is 0 Å². The maximum absolute atomic E-state index is 10.2. The van der Waals surface area contributed by atoms with Crippen LogP contribution < -0.4 is 4.74 Å². The first-order valence-corrected chi connectivity index (χ1v) is 4.33. The van der Waals surface area contributed by atoms with Gasteiger partial charge < -0.3 is 9.53 Å². The van der Waals surface area contributed by atoms with Crippen molar-refractivity contribution >= 4 is 22.2 Å². The summed E-state index contributed by atoms with van der Waals surface area (Å²) in [4.78, 5) is 10.2. The van der Waals surface area contributed by atoms with E-state index in [1.807, 2.05) is 18.2 Å². The monoisotopic (exact) mass is 228 g/mol. The number of carbonyl (C=O) groups excluding carboxylic acids is 1. The third-order valence-corrected chi connectivity index (χ3v) is 2.15. The third-order valence-electron chi connectivity index (χ3n) is 1.54. The number of ether oxygens (including phenoxy) is 1. The Morgan fingerprint density at radius 1 is 1.58 bits per heavy atom. The minimum absolute atomic E-state index is 0.447. The molecule has 0 unspecified atom stereocenters. The molecule has 2 nitrogen and oxygen atoms in total. The molecule has 12 heavy (non-hydrogen) atoms. The van der Waals surface area contributed by atoms with Gasteiger partial charge in [-0.1, -0.05) is 6.07 Å². The molecule has 0 spiro atoms. The summed E-state index contributed by atoms with van der Waals surface area (Å²) in [6, 6.07) is 5.59. The van der Waals surface area contributed by atoms with E-state index >= 15 is 0 Å². The summed E-state index contributed by atoms with van der Waals surface area (Å²) >= 11 is 3.34. The summed E-state index contributed by atoms with van der Waals surface area (Å²) < 4.78 is 5.92. The average molecular weight is 229 g/mol. The number of hydrogen-bond acceptors (Lipinski definition) is 2. The maximum Gasteiger partial charge on any atom is 0.133 e. The smallest absolute Gasteiger partial charge is 0.133 e. The van der Waals surface area contributed by atoms with Gasteiger partial charge in [-0.3, -0.25) is 0 Å². The number of methoxy groups -OCH3 is 1. The zero-order valence-corrected chi connectivity index (χ0v) is 8.30. The summed E-state index contributed by atoms with van der Waals surface area (Å²) in [5, 5.41) is 0. The molecule has 3 heteroatoms. The van der Waals surface area contributed by atoms with Crippen LogP contribution in [0.1, 0.15) is 5.56 Å². The molecule has 0 aliphatic rings. The van der Waals surface area contributed by atoms with Gasteiger partial charge in [0.05, 0.1) is 11.6 Å². The van der Waals surface area contributed by atoms with Crippen LogP contribution in [0.2, 0.25) is 0 Å². The Kier molecular flexibility index (Phi) is 3.29. The van der Waals surface area contributed by atoms with Crippen molar-refractivity contribution in [3.63, 3.8) is 0 Å². The van der Waals surface area contributed by atoms with E-state index < -0.39 is 0 Å². The number of halogens is 1. The quantitative estimate of drug-likeness (QED) is 0.742. The van der Waals surface area contributed by atoms with Crippen molar-refractivity contribution in [2.24, 2.45) is 0 Å². The van der Waals surface area contributed by atoms with E-state index in [4.69, 9.17) is 4.74 Å². The molecule has 0 saturated heterocycles. The Morgan fingerprint density at radius 3 is 2.83 bits per heavy atom. The molecule has 0 fully saturated rings. The van der Waals surface area contributed by atoms with Crippen LogP contribution in [-0.2, 0) is 11.2 Å². The molecule has 1 aromatic rings. The Morgan fingerprint density at radius 2 is 2.33 bits per heavy atom. The first kappa shape index (κ1) is 9.26. The van der Waals surface area contributed by atoms with Crippen molar-refractivity contribution in [2.75, 3.05) is 7.11 Å². The van der Waals surface area contributed by atoms with Crippen LogP contribution >= 0.6 is 15.9 Å². The van der Waals surface area contributed by atoms with Gasteiger partial charge in [-0.25, -0.2) is 0 Å². The molecule has 0 N–H and O–H groups in total. The second-order valence-corrected chi connectivity index (χ2v) is 3.19. The van der Waals surface area contributed by atoms with Crippen molar-refractivity contribution in [3.05, 3.63) is 28.2 Å². The largest absolute Gasteiger partial charge is 0.496 e. The summed E-state index contributed by atoms with van der Waals surface area (Å²) in [6.45, 7) is 0. The molecule has 1 rings (SSSR count). The number of hydrogen-bond donors (Lipinski definition) is 0. The fourth-order valence-electron chi connectivity index (χ4n) is 0.933. The molecular weight excluding hydrogens is 220 g/mol. The van der Waals surface area contributed by atoms with Crippen LogP contribution in [0.25, 0.3) is 0 Å². The molecule has 0 aliphatic heterocycles. The summed E-state index contributed by atoms with van der Waals surface area (Å²) in [5.74, 6) is 0.782. The van der Waals surface area contributed by atoms with Crippen molar-refractivity contribution in [2.45, 2.75) is 6.42 Å². The van der Waals surface area contributed by atoms with Crippen molar-refractivity contribution in [1.82, 2.24) is 0 Å². The highest BCUT2D eigenvalue weighted by Crippen LogP contribution is 2.25. The van der Waals surface area contributed by atoms with E-state index in [1.165, 1.54) is 0 Å². The minimum atomic E-state index is 0.447. The van der Waals surface area contributed by atoms with Gasteiger partial charge in [0.2, 0.25) is 0 Å². The Hall–Kier alpha value is -0.830. The van der Waals surface area contributed by atoms with Crippen LogP contribution in [0.15, 0.2) is 22.7 Å². The second-order valence-electron chi connectivity index (χ2n) is 2.34. The van der Waals surface area contributed by atoms with Crippen molar-refractivity contribution < 1.29 is 9.53 Å². The highest BCUT2D eigenvalue weighted by molar-refractivity contribution is 9.10. The van der Waals surface area contributed by atoms with Gasteiger partial charge in [0.15, 0.2) is 0 Å². The first-order valence-electron chi connectivity index (χ1n) is 3.54. The molecule has 0 aliphatic carbocycles. The highest BCUT2D eigenvalue weighted by Gasteiger charge is 1.99. The summed E-state index contributed by atoms with van der Waals surface area (Å²) in [6.07, 6.45) is 1.33. The van der Waals surface area contributed by atoms with Gasteiger partial charge >= 0.3 is 0 Å². The van der Waals surface area contributed by atoms with E-state index in [1.54, 1.807) is 7.11 Å². The summed E-state index contributed by atoms with van der Waals surface area (Å²) in [7, 11) is 1.61. The van der Waals surface area contributed by atoms with Gasteiger partial charge in [-0.15, -0.1) is 0 Å². The third kappa shape index (κ3) is 2.08. The molecule has 0 aromatic heterocycles. The normalized spacial score (nSPS) is 9.50. The Bertz CT molecular complexity index is 284. The predicted molar refractivity (Wildman–Crippen MR) is 50.5 cm³/mol. The van der Waals surface area contributed by atoms with E-state index in [9.17, 15) is 4.79 Å². The number of aldehydes is 1. The molecule has 0 saturated carbocycles. The molecule has 0 radical (unpaired) electrons. The zero-order chi connectivity index (χ0) is 8.97. The van der Waals surface area contributed by atoms with Crippen LogP contribution in [0.4, 0.5) is 0 Å². The lowest BCUT2D eigenvalue weighted by molar-refractivity contribution is -0.107. The maximum atomic E-state index is 10.2. The predicted octanol–water partition coefficient (Wildman–Crippen LogP) is 2.20. The number of benzene rings is 1. The van der Waals surface area contributed by atoms with Crippen molar-refractivity contribution in [3.8, 4) is 5.75 Å². The van der Waals surface area contributed by atoms with Gasteiger partial charge in [0, 0.05) is 6.42 Å². The van der Waals surface area contributed by atoms with E-state index in [0.717, 1.165) is 22.1 Å². The van der Waals surface area contributed by atoms with Gasteiger partial charge in [-0.05, 0) is 33.6 Å². The molecular formula is C9H9BrO2. The topological polar surface area (TPSA) is 26.3 Å². The highest BCUT2D eigenvalue weighted by atomic mass is 79.9. The molecule has 1 aromatic carbocycles. The SMILES string of the molecule is COc1ccc(CC=O)cc1Br. The fraction of sp³-hybridized carbons (Fsp3) is 0.222. The van der Waals surface area contributed by atoms with Crippen LogP contribution in [0, 0.1) is 0 Å². The second kappa shape index (κ2) is 4.26. The van der Waals surface area contributed by atoms with E-state index in [2.05, 4.69) is 15.9 Å². The lowest BCUT2D eigenvalue weighted by atomic mass is 10.2. The van der Waals surface area contributed by atoms with E-state index in [0.29, 0.717) is 6.42 Å². The molecule has 0 atom stereocenters. The fourth-order valence-corrected chi connectivity index (χ4v) is 1.52. The van der Waals surface area contributed by atoms with Gasteiger partial charge in [0.1, 0.15) is 12.0 Å². The van der Waals surface area contributed by atoms with Crippen LogP contribution in [0.3, 0.4) is 0 Å². The standard InChI is InChI=1S/C9H9BrO2/c1-12-9-3-2-7(4-5-11)6-8(9)10/h2-3,5-6H,4H2,1H3. The lowest BCUT2D eigenvalue weighted by Crippen LogP contribution is -1.88. The van der Waals surface area contributed by atoms with Crippen LogP contribution in [0.5, 0.6) is 5.75 Å². The zero-order valence-electron chi connectivity index (χ0n) is 6.71.